The van der Waals surface area contributed by atoms with Gasteiger partial charge in [0, 0.05) is 23.5 Å². The van der Waals surface area contributed by atoms with Crippen LogP contribution in [0.15, 0.2) is 27.6 Å². The molecule has 4 nitrogen and oxygen atoms in total. The Labute approximate surface area is 122 Å². The normalized spacial score (nSPS) is 18.4. The molecule has 0 atom stereocenters. The molecule has 1 aromatic carbocycles. The van der Waals surface area contributed by atoms with Gasteiger partial charge in [-0.25, -0.2) is 8.42 Å². The van der Waals surface area contributed by atoms with Gasteiger partial charge in [0.1, 0.15) is 6.29 Å². The maximum atomic E-state index is 12.5. The molecule has 6 heteroatoms. The van der Waals surface area contributed by atoms with E-state index in [1.54, 1.807) is 18.2 Å². The Morgan fingerprint density at radius 3 is 2.47 bits per heavy atom. The summed E-state index contributed by atoms with van der Waals surface area (Å²) in [6.45, 7) is 2.73. The van der Waals surface area contributed by atoms with Gasteiger partial charge in [-0.15, -0.1) is 0 Å². The zero-order valence-corrected chi connectivity index (χ0v) is 13.1. The molecular weight excluding hydrogens is 330 g/mol. The second-order valence-electron chi connectivity index (χ2n) is 4.81. The number of hydrogen-bond donors (Lipinski definition) is 0. The van der Waals surface area contributed by atoms with Gasteiger partial charge in [0.25, 0.3) is 0 Å². The predicted octanol–water partition coefficient (Wildman–Crippen LogP) is 2.36. The van der Waals surface area contributed by atoms with Crippen molar-refractivity contribution in [2.24, 2.45) is 5.92 Å². The first-order valence-corrected chi connectivity index (χ1v) is 8.40. The molecule has 0 radical (unpaired) electrons. The van der Waals surface area contributed by atoms with Gasteiger partial charge in [0.15, 0.2) is 0 Å². The van der Waals surface area contributed by atoms with Crippen LogP contribution in [-0.2, 0) is 14.8 Å². The van der Waals surface area contributed by atoms with Crippen LogP contribution in [0.3, 0.4) is 0 Å². The molecule has 104 valence electrons. The van der Waals surface area contributed by atoms with Crippen molar-refractivity contribution in [3.05, 3.63) is 28.2 Å². The third-order valence-corrected chi connectivity index (χ3v) is 6.27. The SMILES string of the molecule is Cc1ccc(S(=O)(=O)N2CCC(C=O)CC2)c(Br)c1. The summed E-state index contributed by atoms with van der Waals surface area (Å²) in [6, 6.07) is 5.21. The highest BCUT2D eigenvalue weighted by Gasteiger charge is 2.30. The molecule has 1 aliphatic rings. The Kier molecular flexibility index (Phi) is 4.43. The summed E-state index contributed by atoms with van der Waals surface area (Å²) in [5, 5.41) is 0. The van der Waals surface area contributed by atoms with Crippen molar-refractivity contribution < 1.29 is 13.2 Å². The maximum Gasteiger partial charge on any atom is 0.244 e. The molecule has 0 aromatic heterocycles. The summed E-state index contributed by atoms with van der Waals surface area (Å²) >= 11 is 3.31. The minimum absolute atomic E-state index is 0.00657. The van der Waals surface area contributed by atoms with Crippen molar-refractivity contribution in [1.82, 2.24) is 4.31 Å². The second-order valence-corrected chi connectivity index (χ2v) is 7.57. The van der Waals surface area contributed by atoms with Gasteiger partial charge in [0.2, 0.25) is 10.0 Å². The fourth-order valence-corrected chi connectivity index (χ4v) is 4.83. The Morgan fingerprint density at radius 2 is 1.95 bits per heavy atom. The number of aryl methyl sites for hydroxylation is 1. The number of sulfonamides is 1. The molecular formula is C13H16BrNO3S. The number of aldehydes is 1. The fraction of sp³-hybridized carbons (Fsp3) is 0.462. The van der Waals surface area contributed by atoms with Crippen molar-refractivity contribution in [2.75, 3.05) is 13.1 Å². The lowest BCUT2D eigenvalue weighted by molar-refractivity contribution is -0.112. The largest absolute Gasteiger partial charge is 0.303 e. The molecule has 0 aliphatic carbocycles. The van der Waals surface area contributed by atoms with Gasteiger partial charge in [-0.3, -0.25) is 0 Å². The fourth-order valence-electron chi connectivity index (χ4n) is 2.21. The summed E-state index contributed by atoms with van der Waals surface area (Å²) < 4.78 is 27.1. The van der Waals surface area contributed by atoms with E-state index in [9.17, 15) is 13.2 Å². The number of rotatable bonds is 3. The number of benzene rings is 1. The minimum atomic E-state index is -3.47. The van der Waals surface area contributed by atoms with Crippen LogP contribution in [0.2, 0.25) is 0 Å². The number of piperidine rings is 1. The first-order chi connectivity index (χ1) is 8.95. The predicted molar refractivity (Wildman–Crippen MR) is 76.4 cm³/mol. The zero-order valence-electron chi connectivity index (χ0n) is 10.7. The lowest BCUT2D eigenvalue weighted by Crippen LogP contribution is -2.38. The number of halogens is 1. The van der Waals surface area contributed by atoms with E-state index >= 15 is 0 Å². The Hall–Kier alpha value is -0.720. The van der Waals surface area contributed by atoms with Crippen LogP contribution < -0.4 is 0 Å². The van der Waals surface area contributed by atoms with E-state index in [0.717, 1.165) is 11.8 Å². The third kappa shape index (κ3) is 3.07. The second kappa shape index (κ2) is 5.73. The van der Waals surface area contributed by atoms with E-state index in [1.165, 1.54) is 4.31 Å². The van der Waals surface area contributed by atoms with Crippen molar-refractivity contribution >= 4 is 32.2 Å². The molecule has 0 unspecified atom stereocenters. The van der Waals surface area contributed by atoms with Crippen LogP contribution in [0.4, 0.5) is 0 Å². The van der Waals surface area contributed by atoms with Crippen LogP contribution in [0.25, 0.3) is 0 Å². The van der Waals surface area contributed by atoms with E-state index in [2.05, 4.69) is 15.9 Å². The quantitative estimate of drug-likeness (QED) is 0.790. The lowest BCUT2D eigenvalue weighted by atomic mass is 10.0. The molecule has 1 aliphatic heterocycles. The molecule has 0 N–H and O–H groups in total. The van der Waals surface area contributed by atoms with Crippen molar-refractivity contribution in [2.45, 2.75) is 24.7 Å². The molecule has 2 rings (SSSR count). The van der Waals surface area contributed by atoms with Gasteiger partial charge in [-0.1, -0.05) is 6.07 Å². The highest BCUT2D eigenvalue weighted by atomic mass is 79.9. The molecule has 1 heterocycles. The third-order valence-electron chi connectivity index (χ3n) is 3.40. The molecule has 19 heavy (non-hydrogen) atoms. The summed E-state index contributed by atoms with van der Waals surface area (Å²) in [4.78, 5) is 11.0. The lowest BCUT2D eigenvalue weighted by Gasteiger charge is -2.29. The topological polar surface area (TPSA) is 54.5 Å². The van der Waals surface area contributed by atoms with E-state index < -0.39 is 10.0 Å². The zero-order chi connectivity index (χ0) is 14.0. The molecule has 0 bridgehead atoms. The Balaban J connectivity index is 2.25. The molecule has 1 saturated heterocycles. The molecule has 1 aromatic rings. The highest BCUT2D eigenvalue weighted by Crippen LogP contribution is 2.28. The van der Waals surface area contributed by atoms with Crippen molar-refractivity contribution in [3.63, 3.8) is 0 Å². The standard InChI is InChI=1S/C13H16BrNO3S/c1-10-2-3-13(12(14)8-10)19(17,18)15-6-4-11(9-16)5-7-15/h2-3,8-9,11H,4-7H2,1H3. The van der Waals surface area contributed by atoms with Crippen LogP contribution in [-0.4, -0.2) is 32.1 Å². The summed E-state index contributed by atoms with van der Waals surface area (Å²) in [7, 11) is -3.47. The van der Waals surface area contributed by atoms with Crippen LogP contribution in [0, 0.1) is 12.8 Å². The van der Waals surface area contributed by atoms with E-state index in [-0.39, 0.29) is 5.92 Å². The Bertz CT molecular complexity index is 578. The molecule has 0 amide bonds. The first-order valence-electron chi connectivity index (χ1n) is 6.17. The number of hydrogen-bond acceptors (Lipinski definition) is 3. The van der Waals surface area contributed by atoms with Crippen LogP contribution >= 0.6 is 15.9 Å². The van der Waals surface area contributed by atoms with Gasteiger partial charge in [0.05, 0.1) is 4.90 Å². The molecule has 1 fully saturated rings. The van der Waals surface area contributed by atoms with E-state index in [1.807, 2.05) is 6.92 Å². The average molecular weight is 346 g/mol. The van der Waals surface area contributed by atoms with Crippen LogP contribution in [0.5, 0.6) is 0 Å². The van der Waals surface area contributed by atoms with Gasteiger partial charge in [-0.05, 0) is 53.4 Å². The van der Waals surface area contributed by atoms with E-state index in [4.69, 9.17) is 0 Å². The van der Waals surface area contributed by atoms with Gasteiger partial charge >= 0.3 is 0 Å². The van der Waals surface area contributed by atoms with Crippen molar-refractivity contribution in [3.8, 4) is 0 Å². The van der Waals surface area contributed by atoms with Crippen molar-refractivity contribution in [1.29, 1.82) is 0 Å². The molecule has 0 spiro atoms. The van der Waals surface area contributed by atoms with Gasteiger partial charge in [-0.2, -0.15) is 4.31 Å². The summed E-state index contributed by atoms with van der Waals surface area (Å²) in [5.74, 6) is -0.00657. The van der Waals surface area contributed by atoms with Gasteiger partial charge < -0.3 is 4.79 Å². The maximum absolute atomic E-state index is 12.5. The number of carbonyl (C=O) groups excluding carboxylic acids is 1. The number of carbonyl (C=O) groups is 1. The summed E-state index contributed by atoms with van der Waals surface area (Å²) in [5.41, 5.74) is 1.01. The minimum Gasteiger partial charge on any atom is -0.303 e. The summed E-state index contributed by atoms with van der Waals surface area (Å²) in [6.07, 6.45) is 2.13. The number of nitrogens with zero attached hydrogens (tertiary/aromatic N) is 1. The van der Waals surface area contributed by atoms with E-state index in [0.29, 0.717) is 35.3 Å². The Morgan fingerprint density at radius 1 is 1.32 bits per heavy atom. The highest BCUT2D eigenvalue weighted by molar-refractivity contribution is 9.10. The monoisotopic (exact) mass is 345 g/mol. The first kappa shape index (κ1) is 14.7. The smallest absolute Gasteiger partial charge is 0.244 e. The molecule has 0 saturated carbocycles. The average Bonchev–Trinajstić information content (AvgIpc) is 2.38. The van der Waals surface area contributed by atoms with Crippen LogP contribution in [0.1, 0.15) is 18.4 Å².